The molecule has 2 aliphatic rings. The predicted octanol–water partition coefficient (Wildman–Crippen LogP) is 1.19. The highest BCUT2D eigenvalue weighted by atomic mass is 16.5. The highest BCUT2D eigenvalue weighted by Gasteiger charge is 2.38. The minimum Gasteiger partial charge on any atom is -0.478 e. The number of morpholine rings is 1. The third-order valence-corrected chi connectivity index (χ3v) is 3.95. The van der Waals surface area contributed by atoms with E-state index in [9.17, 15) is 9.59 Å². The van der Waals surface area contributed by atoms with E-state index in [1.54, 1.807) is 11.8 Å². The summed E-state index contributed by atoms with van der Waals surface area (Å²) in [6.45, 7) is 4.17. The van der Waals surface area contributed by atoms with Crippen molar-refractivity contribution in [3.8, 4) is 0 Å². The number of carboxylic acids is 1. The van der Waals surface area contributed by atoms with Crippen LogP contribution >= 0.6 is 0 Å². The fourth-order valence-electron chi connectivity index (χ4n) is 2.71. The molecule has 18 heavy (non-hydrogen) atoms. The molecule has 1 aliphatic carbocycles. The first-order valence-electron chi connectivity index (χ1n) is 6.35. The number of amides is 1. The van der Waals surface area contributed by atoms with Crippen LogP contribution in [0.2, 0.25) is 0 Å². The van der Waals surface area contributed by atoms with Gasteiger partial charge >= 0.3 is 5.97 Å². The molecule has 2 unspecified atom stereocenters. The average Bonchev–Trinajstić information content (AvgIpc) is 2.83. The minimum atomic E-state index is -1.03. The average molecular weight is 253 g/mol. The van der Waals surface area contributed by atoms with Gasteiger partial charge in [0.05, 0.1) is 18.8 Å². The smallest absolute Gasteiger partial charge is 0.331 e. The normalized spacial score (nSPS) is 28.7. The van der Waals surface area contributed by atoms with Crippen LogP contribution in [0.25, 0.3) is 0 Å². The highest BCUT2D eigenvalue weighted by Crippen LogP contribution is 2.30. The van der Waals surface area contributed by atoms with Crippen molar-refractivity contribution in [1.82, 2.24) is 4.90 Å². The Bertz CT molecular complexity index is 402. The number of carboxylic acid groups (broad SMARTS) is 1. The predicted molar refractivity (Wildman–Crippen MR) is 65.1 cm³/mol. The van der Waals surface area contributed by atoms with Crippen LogP contribution in [-0.4, -0.2) is 47.2 Å². The standard InChI is InChI=1S/C13H19NO4/c1-8(9(2)13(16)17)12(15)14-6-7-18-11-5-3-4-10(11)14/h10-11H,3-7H2,1-2H3,(H,16,17). The molecule has 0 aromatic carbocycles. The molecule has 1 saturated carbocycles. The van der Waals surface area contributed by atoms with Crippen molar-refractivity contribution >= 4 is 11.9 Å². The number of hydrogen-bond donors (Lipinski definition) is 1. The van der Waals surface area contributed by atoms with Gasteiger partial charge < -0.3 is 14.7 Å². The van der Waals surface area contributed by atoms with Crippen LogP contribution < -0.4 is 0 Å². The molecule has 1 aliphatic heterocycles. The topological polar surface area (TPSA) is 66.8 Å². The summed E-state index contributed by atoms with van der Waals surface area (Å²) in [6, 6.07) is 0.128. The van der Waals surface area contributed by atoms with Gasteiger partial charge in [0.2, 0.25) is 5.91 Å². The van der Waals surface area contributed by atoms with Gasteiger partial charge in [-0.3, -0.25) is 4.79 Å². The molecule has 0 radical (unpaired) electrons. The fourth-order valence-corrected chi connectivity index (χ4v) is 2.71. The summed E-state index contributed by atoms with van der Waals surface area (Å²) in [5.41, 5.74) is 0.455. The second-order valence-corrected chi connectivity index (χ2v) is 4.96. The quantitative estimate of drug-likeness (QED) is 0.751. The van der Waals surface area contributed by atoms with Gasteiger partial charge in [0, 0.05) is 17.7 Å². The van der Waals surface area contributed by atoms with Crippen molar-refractivity contribution in [1.29, 1.82) is 0 Å². The molecule has 2 rings (SSSR count). The number of nitrogens with zero attached hydrogens (tertiary/aromatic N) is 1. The summed E-state index contributed by atoms with van der Waals surface area (Å²) >= 11 is 0. The van der Waals surface area contributed by atoms with E-state index in [-0.39, 0.29) is 23.6 Å². The lowest BCUT2D eigenvalue weighted by molar-refractivity contribution is -0.140. The summed E-state index contributed by atoms with van der Waals surface area (Å²) in [5.74, 6) is -1.19. The van der Waals surface area contributed by atoms with E-state index in [0.29, 0.717) is 18.7 Å². The van der Waals surface area contributed by atoms with Gasteiger partial charge in [-0.05, 0) is 33.1 Å². The Hall–Kier alpha value is -1.36. The SMILES string of the molecule is CC(C(=O)O)=C(C)C(=O)N1CCOC2CCCC21. The number of hydrogen-bond acceptors (Lipinski definition) is 3. The van der Waals surface area contributed by atoms with Gasteiger partial charge in [-0.25, -0.2) is 4.79 Å². The lowest BCUT2D eigenvalue weighted by Gasteiger charge is -2.38. The molecular weight excluding hydrogens is 234 g/mol. The zero-order chi connectivity index (χ0) is 13.3. The van der Waals surface area contributed by atoms with E-state index >= 15 is 0 Å². The maximum Gasteiger partial charge on any atom is 0.331 e. The molecular formula is C13H19NO4. The van der Waals surface area contributed by atoms with Crippen LogP contribution in [0.5, 0.6) is 0 Å². The van der Waals surface area contributed by atoms with Crippen molar-refractivity contribution in [2.45, 2.75) is 45.3 Å². The number of carbonyl (C=O) groups excluding carboxylic acids is 1. The lowest BCUT2D eigenvalue weighted by Crippen LogP contribution is -2.51. The monoisotopic (exact) mass is 253 g/mol. The molecule has 5 nitrogen and oxygen atoms in total. The molecule has 1 saturated heterocycles. The first-order valence-corrected chi connectivity index (χ1v) is 6.35. The largest absolute Gasteiger partial charge is 0.478 e. The maximum atomic E-state index is 12.3. The number of fused-ring (bicyclic) bond motifs is 1. The number of carbonyl (C=O) groups is 2. The molecule has 1 heterocycles. The number of ether oxygens (including phenoxy) is 1. The number of aliphatic carboxylic acids is 1. The van der Waals surface area contributed by atoms with Crippen LogP contribution in [0.15, 0.2) is 11.1 Å². The van der Waals surface area contributed by atoms with E-state index in [1.807, 2.05) is 0 Å². The Kier molecular flexibility index (Phi) is 3.71. The molecule has 2 fully saturated rings. The first kappa shape index (κ1) is 13.1. The third kappa shape index (κ3) is 2.27. The highest BCUT2D eigenvalue weighted by molar-refractivity contribution is 6.01. The molecule has 1 N–H and O–H groups in total. The molecule has 0 aromatic heterocycles. The third-order valence-electron chi connectivity index (χ3n) is 3.95. The zero-order valence-electron chi connectivity index (χ0n) is 10.8. The summed E-state index contributed by atoms with van der Waals surface area (Å²) in [7, 11) is 0. The van der Waals surface area contributed by atoms with Gasteiger partial charge in [0.25, 0.3) is 0 Å². The summed E-state index contributed by atoms with van der Waals surface area (Å²) in [4.78, 5) is 25.0. The minimum absolute atomic E-state index is 0.126. The first-order chi connectivity index (χ1) is 8.52. The van der Waals surface area contributed by atoms with Crippen LogP contribution in [-0.2, 0) is 14.3 Å². The molecule has 0 spiro atoms. The van der Waals surface area contributed by atoms with Crippen molar-refractivity contribution in [2.75, 3.05) is 13.2 Å². The van der Waals surface area contributed by atoms with Crippen LogP contribution in [0.4, 0.5) is 0 Å². The van der Waals surface area contributed by atoms with Gasteiger partial charge in [-0.2, -0.15) is 0 Å². The summed E-state index contributed by atoms with van der Waals surface area (Å²) in [6.07, 6.45) is 3.16. The Balaban J connectivity index is 2.18. The van der Waals surface area contributed by atoms with Crippen molar-refractivity contribution in [3.63, 3.8) is 0 Å². The van der Waals surface area contributed by atoms with E-state index in [0.717, 1.165) is 19.3 Å². The number of rotatable bonds is 2. The Morgan fingerprint density at radius 2 is 1.94 bits per heavy atom. The zero-order valence-corrected chi connectivity index (χ0v) is 10.8. The van der Waals surface area contributed by atoms with Crippen molar-refractivity contribution in [3.05, 3.63) is 11.1 Å². The summed E-state index contributed by atoms with van der Waals surface area (Å²) < 4.78 is 5.64. The molecule has 0 aromatic rings. The van der Waals surface area contributed by atoms with Gasteiger partial charge in [-0.1, -0.05) is 0 Å². The molecule has 1 amide bonds. The van der Waals surface area contributed by atoms with E-state index in [4.69, 9.17) is 9.84 Å². The van der Waals surface area contributed by atoms with E-state index in [1.165, 1.54) is 6.92 Å². The van der Waals surface area contributed by atoms with Gasteiger partial charge in [0.15, 0.2) is 0 Å². The Morgan fingerprint density at radius 1 is 1.22 bits per heavy atom. The summed E-state index contributed by atoms with van der Waals surface area (Å²) in [5, 5.41) is 8.93. The molecule has 5 heteroatoms. The fraction of sp³-hybridized carbons (Fsp3) is 0.692. The van der Waals surface area contributed by atoms with Crippen LogP contribution in [0.1, 0.15) is 33.1 Å². The second-order valence-electron chi connectivity index (χ2n) is 4.96. The van der Waals surface area contributed by atoms with Crippen LogP contribution in [0, 0.1) is 0 Å². The van der Waals surface area contributed by atoms with Crippen LogP contribution in [0.3, 0.4) is 0 Å². The molecule has 0 bridgehead atoms. The second kappa shape index (κ2) is 5.10. The van der Waals surface area contributed by atoms with Gasteiger partial charge in [-0.15, -0.1) is 0 Å². The lowest BCUT2D eigenvalue weighted by atomic mass is 10.1. The van der Waals surface area contributed by atoms with E-state index in [2.05, 4.69) is 0 Å². The Morgan fingerprint density at radius 3 is 2.61 bits per heavy atom. The van der Waals surface area contributed by atoms with Gasteiger partial charge in [0.1, 0.15) is 0 Å². The van der Waals surface area contributed by atoms with Crippen molar-refractivity contribution < 1.29 is 19.4 Å². The molecule has 2 atom stereocenters. The maximum absolute atomic E-state index is 12.3. The Labute approximate surface area is 106 Å². The van der Waals surface area contributed by atoms with E-state index < -0.39 is 5.97 Å². The molecule has 100 valence electrons. The van der Waals surface area contributed by atoms with Crippen molar-refractivity contribution in [2.24, 2.45) is 0 Å².